The molecule has 2 aromatic carbocycles. The van der Waals surface area contributed by atoms with E-state index in [0.717, 1.165) is 43.4 Å². The molecule has 0 saturated carbocycles. The van der Waals surface area contributed by atoms with E-state index in [4.69, 9.17) is 0 Å². The predicted octanol–water partition coefficient (Wildman–Crippen LogP) is 4.41. The molecule has 0 aromatic heterocycles. The van der Waals surface area contributed by atoms with Crippen LogP contribution in [-0.4, -0.2) is 15.0 Å². The fourth-order valence-electron chi connectivity index (χ4n) is 4.03. The number of hydrogen-bond acceptors (Lipinski definition) is 2. The Labute approximate surface area is 150 Å². The molecule has 2 aliphatic rings. The number of nitrogens with zero attached hydrogens (tertiary/aromatic N) is 1. The van der Waals surface area contributed by atoms with E-state index >= 15 is 0 Å². The molecule has 0 amide bonds. The summed E-state index contributed by atoms with van der Waals surface area (Å²) in [6.07, 6.45) is 7.58. The molecule has 0 saturated heterocycles. The third-order valence-corrected chi connectivity index (χ3v) is 7.31. The van der Waals surface area contributed by atoms with E-state index in [2.05, 4.69) is 12.1 Å². The maximum atomic E-state index is 13.3. The van der Waals surface area contributed by atoms with Crippen molar-refractivity contribution in [1.29, 1.82) is 0 Å². The molecule has 4 heteroatoms. The van der Waals surface area contributed by atoms with E-state index in [9.17, 15) is 8.42 Å². The van der Waals surface area contributed by atoms with Crippen molar-refractivity contribution in [3.63, 3.8) is 0 Å². The highest BCUT2D eigenvalue weighted by Gasteiger charge is 2.29. The van der Waals surface area contributed by atoms with E-state index in [1.165, 1.54) is 29.5 Å². The molecule has 1 aliphatic carbocycles. The third kappa shape index (κ3) is 3.08. The smallest absolute Gasteiger partial charge is 0.264 e. The highest BCUT2D eigenvalue weighted by molar-refractivity contribution is 7.92. The molecule has 4 rings (SSSR count). The van der Waals surface area contributed by atoms with Gasteiger partial charge in [-0.25, -0.2) is 8.42 Å². The topological polar surface area (TPSA) is 37.4 Å². The number of fused-ring (bicyclic) bond motifs is 2. The van der Waals surface area contributed by atoms with Gasteiger partial charge in [0.25, 0.3) is 10.0 Å². The van der Waals surface area contributed by atoms with Crippen LogP contribution >= 0.6 is 0 Å². The van der Waals surface area contributed by atoms with Crippen LogP contribution in [0.2, 0.25) is 0 Å². The van der Waals surface area contributed by atoms with Gasteiger partial charge in [-0.05, 0) is 86.8 Å². The van der Waals surface area contributed by atoms with E-state index < -0.39 is 10.0 Å². The summed E-state index contributed by atoms with van der Waals surface area (Å²) in [6.45, 7) is 2.55. The van der Waals surface area contributed by atoms with E-state index in [-0.39, 0.29) is 0 Å². The van der Waals surface area contributed by atoms with Gasteiger partial charge in [0.15, 0.2) is 0 Å². The molecule has 0 unspecified atom stereocenters. The van der Waals surface area contributed by atoms with Gasteiger partial charge in [0.2, 0.25) is 0 Å². The first-order valence-electron chi connectivity index (χ1n) is 9.30. The Morgan fingerprint density at radius 2 is 1.40 bits per heavy atom. The summed E-state index contributed by atoms with van der Waals surface area (Å²) < 4.78 is 28.3. The van der Waals surface area contributed by atoms with Gasteiger partial charge in [-0.1, -0.05) is 23.8 Å². The SMILES string of the molecule is Cc1ccc(S(=O)(=O)N2CCCCc3cc4c(cc32)CCCC4)cc1. The van der Waals surface area contributed by atoms with Crippen molar-refractivity contribution in [2.24, 2.45) is 0 Å². The fraction of sp³-hybridized carbons (Fsp3) is 0.429. The van der Waals surface area contributed by atoms with Gasteiger partial charge in [0.1, 0.15) is 0 Å². The fourth-order valence-corrected chi connectivity index (χ4v) is 5.57. The normalized spacial score (nSPS) is 17.6. The minimum atomic E-state index is -3.51. The van der Waals surface area contributed by atoms with Gasteiger partial charge >= 0.3 is 0 Å². The number of aryl methyl sites for hydroxylation is 4. The zero-order valence-electron chi connectivity index (χ0n) is 14.8. The first-order chi connectivity index (χ1) is 12.1. The summed E-state index contributed by atoms with van der Waals surface area (Å²) in [4.78, 5) is 0.392. The average Bonchev–Trinajstić information content (AvgIpc) is 2.82. The summed E-state index contributed by atoms with van der Waals surface area (Å²) in [5.41, 5.74) is 5.97. The lowest BCUT2D eigenvalue weighted by Crippen LogP contribution is -2.32. The monoisotopic (exact) mass is 355 g/mol. The van der Waals surface area contributed by atoms with Crippen LogP contribution in [0.4, 0.5) is 5.69 Å². The zero-order valence-corrected chi connectivity index (χ0v) is 15.6. The van der Waals surface area contributed by atoms with Crippen molar-refractivity contribution in [3.05, 3.63) is 58.7 Å². The summed E-state index contributed by atoms with van der Waals surface area (Å²) in [7, 11) is -3.51. The van der Waals surface area contributed by atoms with Gasteiger partial charge in [-0.3, -0.25) is 4.31 Å². The summed E-state index contributed by atoms with van der Waals surface area (Å²) >= 11 is 0. The average molecular weight is 356 g/mol. The molecular weight excluding hydrogens is 330 g/mol. The van der Waals surface area contributed by atoms with Crippen LogP contribution in [-0.2, 0) is 29.3 Å². The van der Waals surface area contributed by atoms with Crippen molar-refractivity contribution in [1.82, 2.24) is 0 Å². The second-order valence-electron chi connectivity index (χ2n) is 7.30. The Bertz CT molecular complexity index is 885. The maximum Gasteiger partial charge on any atom is 0.264 e. The summed E-state index contributed by atoms with van der Waals surface area (Å²) in [5, 5.41) is 0. The zero-order chi connectivity index (χ0) is 17.4. The minimum absolute atomic E-state index is 0.392. The van der Waals surface area contributed by atoms with Crippen LogP contribution in [0, 0.1) is 6.92 Å². The van der Waals surface area contributed by atoms with Gasteiger partial charge in [-0.15, -0.1) is 0 Å². The molecule has 1 aliphatic heterocycles. The van der Waals surface area contributed by atoms with E-state index in [1.807, 2.05) is 19.1 Å². The highest BCUT2D eigenvalue weighted by atomic mass is 32.2. The third-order valence-electron chi connectivity index (χ3n) is 5.48. The van der Waals surface area contributed by atoms with Crippen molar-refractivity contribution in [3.8, 4) is 0 Å². The van der Waals surface area contributed by atoms with E-state index in [0.29, 0.717) is 11.4 Å². The molecule has 0 atom stereocenters. The molecule has 1 heterocycles. The van der Waals surface area contributed by atoms with Crippen molar-refractivity contribution in [2.45, 2.75) is 56.8 Å². The minimum Gasteiger partial charge on any atom is -0.266 e. The van der Waals surface area contributed by atoms with Gasteiger partial charge in [0.05, 0.1) is 10.6 Å². The van der Waals surface area contributed by atoms with Crippen LogP contribution in [0.15, 0.2) is 41.3 Å². The lowest BCUT2D eigenvalue weighted by Gasteiger charge is -2.27. The highest BCUT2D eigenvalue weighted by Crippen LogP contribution is 2.35. The van der Waals surface area contributed by atoms with Crippen molar-refractivity contribution in [2.75, 3.05) is 10.8 Å². The molecule has 0 N–H and O–H groups in total. The van der Waals surface area contributed by atoms with Gasteiger partial charge in [0, 0.05) is 6.54 Å². The van der Waals surface area contributed by atoms with Crippen molar-refractivity contribution < 1.29 is 8.42 Å². The second kappa shape index (κ2) is 6.49. The number of rotatable bonds is 2. The molecule has 0 spiro atoms. The van der Waals surface area contributed by atoms with Crippen molar-refractivity contribution >= 4 is 15.7 Å². The van der Waals surface area contributed by atoms with Crippen LogP contribution in [0.1, 0.15) is 47.9 Å². The quantitative estimate of drug-likeness (QED) is 0.800. The van der Waals surface area contributed by atoms with Gasteiger partial charge < -0.3 is 0 Å². The molecule has 2 aromatic rings. The largest absolute Gasteiger partial charge is 0.266 e. The Balaban J connectivity index is 1.82. The Morgan fingerprint density at radius 3 is 2.12 bits per heavy atom. The first-order valence-corrected chi connectivity index (χ1v) is 10.7. The number of benzene rings is 2. The summed E-state index contributed by atoms with van der Waals surface area (Å²) in [5.74, 6) is 0. The lowest BCUT2D eigenvalue weighted by molar-refractivity contribution is 0.589. The standard InChI is InChI=1S/C21H25NO2S/c1-16-9-11-20(12-10-16)25(23,24)22-13-5-4-8-19-14-17-6-2-3-7-18(17)15-21(19)22/h9-12,14-15H,2-8,13H2,1H3. The predicted molar refractivity (Wildman–Crippen MR) is 102 cm³/mol. The molecule has 132 valence electrons. The number of sulfonamides is 1. The Morgan fingerprint density at radius 1 is 0.800 bits per heavy atom. The molecule has 0 fully saturated rings. The Hall–Kier alpha value is -1.81. The van der Waals surface area contributed by atoms with Crippen LogP contribution < -0.4 is 4.31 Å². The Kier molecular flexibility index (Phi) is 4.32. The first kappa shape index (κ1) is 16.6. The van der Waals surface area contributed by atoms with Crippen LogP contribution in [0.5, 0.6) is 0 Å². The van der Waals surface area contributed by atoms with Crippen LogP contribution in [0.3, 0.4) is 0 Å². The summed E-state index contributed by atoms with van der Waals surface area (Å²) in [6, 6.07) is 11.7. The molecular formula is C21H25NO2S. The molecule has 0 bridgehead atoms. The lowest BCUT2D eigenvalue weighted by atomic mass is 9.89. The van der Waals surface area contributed by atoms with Gasteiger partial charge in [-0.2, -0.15) is 0 Å². The maximum absolute atomic E-state index is 13.3. The molecule has 3 nitrogen and oxygen atoms in total. The van der Waals surface area contributed by atoms with Crippen LogP contribution in [0.25, 0.3) is 0 Å². The number of anilines is 1. The second-order valence-corrected chi connectivity index (χ2v) is 9.17. The van der Waals surface area contributed by atoms with E-state index in [1.54, 1.807) is 16.4 Å². The number of hydrogen-bond donors (Lipinski definition) is 0. The molecule has 0 radical (unpaired) electrons. The molecule has 25 heavy (non-hydrogen) atoms.